The second kappa shape index (κ2) is 7.71. The van der Waals surface area contributed by atoms with Gasteiger partial charge in [-0.1, -0.05) is 0 Å². The number of carbonyl (C=O) groups excluding carboxylic acids is 1. The van der Waals surface area contributed by atoms with Gasteiger partial charge in [0.05, 0.1) is 23.7 Å². The molecule has 130 valence electrons. The minimum atomic E-state index is -0.179. The summed E-state index contributed by atoms with van der Waals surface area (Å²) >= 11 is 0. The summed E-state index contributed by atoms with van der Waals surface area (Å²) in [6.45, 7) is 2.95. The van der Waals surface area contributed by atoms with Crippen molar-refractivity contribution in [1.82, 2.24) is 25.1 Å². The van der Waals surface area contributed by atoms with E-state index < -0.39 is 0 Å². The molecule has 0 aliphatic rings. The molecule has 3 heterocycles. The van der Waals surface area contributed by atoms with Crippen molar-refractivity contribution in [1.29, 1.82) is 0 Å². The Hall–Kier alpha value is -3.00. The molecule has 8 heteroatoms. The number of rotatable bonds is 7. The molecule has 3 aromatic rings. The summed E-state index contributed by atoms with van der Waals surface area (Å²) < 4.78 is 11.9. The summed E-state index contributed by atoms with van der Waals surface area (Å²) in [5.41, 5.74) is 1.81. The van der Waals surface area contributed by atoms with E-state index in [1.807, 2.05) is 6.07 Å². The number of nitrogens with one attached hydrogen (secondary N) is 1. The SMILES string of the molecule is COCCCNC(=O)c1cnn(-c2nccc(-c3ccco3)n2)c1C. The summed E-state index contributed by atoms with van der Waals surface area (Å²) in [6.07, 6.45) is 5.49. The van der Waals surface area contributed by atoms with Gasteiger partial charge >= 0.3 is 0 Å². The van der Waals surface area contributed by atoms with Gasteiger partial charge in [0.15, 0.2) is 5.76 Å². The lowest BCUT2D eigenvalue weighted by Gasteiger charge is -2.06. The van der Waals surface area contributed by atoms with Crippen LogP contribution >= 0.6 is 0 Å². The molecule has 0 bridgehead atoms. The van der Waals surface area contributed by atoms with Crippen LogP contribution in [0.5, 0.6) is 0 Å². The third-order valence-electron chi connectivity index (χ3n) is 3.67. The van der Waals surface area contributed by atoms with Gasteiger partial charge in [0.25, 0.3) is 11.9 Å². The van der Waals surface area contributed by atoms with Crippen molar-refractivity contribution in [3.05, 3.63) is 48.1 Å². The van der Waals surface area contributed by atoms with Crippen LogP contribution in [0, 0.1) is 6.92 Å². The molecular weight excluding hydrogens is 322 g/mol. The van der Waals surface area contributed by atoms with Gasteiger partial charge < -0.3 is 14.5 Å². The lowest BCUT2D eigenvalue weighted by molar-refractivity contribution is 0.0948. The van der Waals surface area contributed by atoms with E-state index in [1.165, 1.54) is 10.9 Å². The maximum Gasteiger partial charge on any atom is 0.254 e. The predicted octanol–water partition coefficient (Wildman–Crippen LogP) is 2.00. The van der Waals surface area contributed by atoms with Crippen molar-refractivity contribution in [3.8, 4) is 17.4 Å². The van der Waals surface area contributed by atoms with Crippen molar-refractivity contribution < 1.29 is 13.9 Å². The topological polar surface area (TPSA) is 95.1 Å². The van der Waals surface area contributed by atoms with E-state index in [0.29, 0.717) is 41.8 Å². The van der Waals surface area contributed by atoms with Gasteiger partial charge in [0.1, 0.15) is 5.69 Å². The Kier molecular flexibility index (Phi) is 5.20. The average Bonchev–Trinajstić information content (AvgIpc) is 3.28. The quantitative estimate of drug-likeness (QED) is 0.661. The molecule has 3 aromatic heterocycles. The van der Waals surface area contributed by atoms with Crippen LogP contribution in [0.25, 0.3) is 17.4 Å². The summed E-state index contributed by atoms with van der Waals surface area (Å²) in [6, 6.07) is 5.37. The second-order valence-electron chi connectivity index (χ2n) is 5.38. The highest BCUT2D eigenvalue weighted by Gasteiger charge is 2.16. The Morgan fingerprint density at radius 1 is 1.40 bits per heavy atom. The van der Waals surface area contributed by atoms with Crippen LogP contribution < -0.4 is 5.32 Å². The summed E-state index contributed by atoms with van der Waals surface area (Å²) in [5.74, 6) is 0.844. The molecule has 0 saturated carbocycles. The monoisotopic (exact) mass is 341 g/mol. The number of amides is 1. The molecule has 0 unspecified atom stereocenters. The Morgan fingerprint density at radius 2 is 2.28 bits per heavy atom. The maximum absolute atomic E-state index is 12.3. The minimum Gasteiger partial charge on any atom is -0.463 e. The number of ether oxygens (including phenoxy) is 1. The van der Waals surface area contributed by atoms with Gasteiger partial charge in [-0.25, -0.2) is 14.6 Å². The molecule has 0 aliphatic heterocycles. The van der Waals surface area contributed by atoms with E-state index in [2.05, 4.69) is 20.4 Å². The second-order valence-corrected chi connectivity index (χ2v) is 5.38. The van der Waals surface area contributed by atoms with Crippen LogP contribution in [0.4, 0.5) is 0 Å². The third kappa shape index (κ3) is 3.74. The van der Waals surface area contributed by atoms with E-state index in [4.69, 9.17) is 9.15 Å². The first kappa shape index (κ1) is 16.8. The Bertz CT molecular complexity index is 842. The number of methoxy groups -OCH3 is 1. The number of furan rings is 1. The zero-order chi connectivity index (χ0) is 17.6. The predicted molar refractivity (Wildman–Crippen MR) is 90.4 cm³/mol. The fourth-order valence-corrected chi connectivity index (χ4v) is 2.36. The van der Waals surface area contributed by atoms with Gasteiger partial charge in [-0.3, -0.25) is 4.79 Å². The van der Waals surface area contributed by atoms with Crippen LogP contribution in [0.2, 0.25) is 0 Å². The van der Waals surface area contributed by atoms with Crippen molar-refractivity contribution in [2.75, 3.05) is 20.3 Å². The van der Waals surface area contributed by atoms with Crippen molar-refractivity contribution in [2.24, 2.45) is 0 Å². The molecule has 0 aromatic carbocycles. The molecular formula is C17H19N5O3. The molecule has 1 N–H and O–H groups in total. The fourth-order valence-electron chi connectivity index (χ4n) is 2.36. The molecule has 25 heavy (non-hydrogen) atoms. The van der Waals surface area contributed by atoms with E-state index in [9.17, 15) is 4.79 Å². The zero-order valence-corrected chi connectivity index (χ0v) is 14.1. The van der Waals surface area contributed by atoms with Gasteiger partial charge in [-0.2, -0.15) is 5.10 Å². The average molecular weight is 341 g/mol. The van der Waals surface area contributed by atoms with Crippen LogP contribution in [0.3, 0.4) is 0 Å². The maximum atomic E-state index is 12.3. The smallest absolute Gasteiger partial charge is 0.254 e. The molecule has 0 spiro atoms. The van der Waals surface area contributed by atoms with Crippen LogP contribution in [-0.4, -0.2) is 45.9 Å². The first-order valence-electron chi connectivity index (χ1n) is 7.89. The molecule has 1 amide bonds. The highest BCUT2D eigenvalue weighted by molar-refractivity contribution is 5.95. The first-order chi connectivity index (χ1) is 12.2. The lowest BCUT2D eigenvalue weighted by atomic mass is 10.2. The third-order valence-corrected chi connectivity index (χ3v) is 3.67. The van der Waals surface area contributed by atoms with Crippen LogP contribution in [-0.2, 0) is 4.74 Å². The summed E-state index contributed by atoms with van der Waals surface area (Å²) in [7, 11) is 1.63. The summed E-state index contributed by atoms with van der Waals surface area (Å²) in [4.78, 5) is 21.0. The van der Waals surface area contributed by atoms with E-state index >= 15 is 0 Å². The van der Waals surface area contributed by atoms with Crippen LogP contribution in [0.15, 0.2) is 41.3 Å². The summed E-state index contributed by atoms with van der Waals surface area (Å²) in [5, 5.41) is 7.09. The molecule has 0 radical (unpaired) electrons. The van der Waals surface area contributed by atoms with Crippen LogP contribution in [0.1, 0.15) is 22.5 Å². The zero-order valence-electron chi connectivity index (χ0n) is 14.1. The van der Waals surface area contributed by atoms with Crippen molar-refractivity contribution in [2.45, 2.75) is 13.3 Å². The van der Waals surface area contributed by atoms with Gasteiger partial charge in [-0.15, -0.1) is 0 Å². The number of nitrogens with zero attached hydrogens (tertiary/aromatic N) is 4. The number of hydrogen-bond donors (Lipinski definition) is 1. The fraction of sp³-hybridized carbons (Fsp3) is 0.294. The van der Waals surface area contributed by atoms with E-state index in [1.54, 1.807) is 38.6 Å². The Labute approximate surface area is 144 Å². The molecule has 3 rings (SSSR count). The van der Waals surface area contributed by atoms with Crippen molar-refractivity contribution in [3.63, 3.8) is 0 Å². The van der Waals surface area contributed by atoms with E-state index in [0.717, 1.165) is 6.42 Å². The lowest BCUT2D eigenvalue weighted by Crippen LogP contribution is -2.25. The van der Waals surface area contributed by atoms with Gasteiger partial charge in [0.2, 0.25) is 0 Å². The standard InChI is InChI=1S/C17H19N5O3/c1-12-13(16(23)18-7-4-9-24-2)11-20-22(12)17-19-8-6-14(21-17)15-5-3-10-25-15/h3,5-6,8,10-11H,4,7,9H2,1-2H3,(H,18,23). The largest absolute Gasteiger partial charge is 0.463 e. The number of carbonyl (C=O) groups is 1. The Morgan fingerprint density at radius 3 is 3.04 bits per heavy atom. The molecule has 0 atom stereocenters. The normalized spacial score (nSPS) is 10.8. The van der Waals surface area contributed by atoms with Gasteiger partial charge in [0, 0.05) is 26.5 Å². The molecule has 8 nitrogen and oxygen atoms in total. The number of hydrogen-bond acceptors (Lipinski definition) is 6. The number of aromatic nitrogens is 4. The highest BCUT2D eigenvalue weighted by atomic mass is 16.5. The van der Waals surface area contributed by atoms with E-state index in [-0.39, 0.29) is 5.91 Å². The van der Waals surface area contributed by atoms with Crippen molar-refractivity contribution >= 4 is 5.91 Å². The molecule has 0 aliphatic carbocycles. The first-order valence-corrected chi connectivity index (χ1v) is 7.89. The molecule has 0 fully saturated rings. The highest BCUT2D eigenvalue weighted by Crippen LogP contribution is 2.18. The Balaban J connectivity index is 1.79. The van der Waals surface area contributed by atoms with Gasteiger partial charge in [-0.05, 0) is 31.5 Å². The molecule has 0 saturated heterocycles. The minimum absolute atomic E-state index is 0.179.